The van der Waals surface area contributed by atoms with Crippen LogP contribution >= 0.6 is 0 Å². The fourth-order valence-corrected chi connectivity index (χ4v) is 3.54. The lowest BCUT2D eigenvalue weighted by Gasteiger charge is -2.21. The molecule has 0 unspecified atom stereocenters. The number of carbonyl (C=O) groups is 4. The van der Waals surface area contributed by atoms with Crippen molar-refractivity contribution < 1.29 is 34.1 Å². The average Bonchev–Trinajstić information content (AvgIpc) is 2.85. The number of nitrogen functional groups attached to an aromatic ring is 1. The van der Waals surface area contributed by atoms with E-state index < -0.39 is 36.1 Å². The van der Waals surface area contributed by atoms with E-state index in [1.54, 1.807) is 18.2 Å². The SMILES string of the molecule is N=C(N)c1ccc(CC(=O)C(=O)O)c(OC[C@@H](CCC(=O)O)NC(=O)c2ccc3c(c2)CN=C(N)N3)c1. The summed E-state index contributed by atoms with van der Waals surface area (Å²) in [6.07, 6.45) is -0.691. The molecule has 0 aliphatic carbocycles. The molecule has 2 aromatic carbocycles. The van der Waals surface area contributed by atoms with Crippen LogP contribution in [0, 0.1) is 5.41 Å². The molecule has 1 aliphatic rings. The van der Waals surface area contributed by atoms with E-state index in [9.17, 15) is 19.2 Å². The number of Topliss-reactive ketones (excluding diaryl/α,β-unsaturated/α-hetero) is 1. The maximum atomic E-state index is 12.9. The lowest BCUT2D eigenvalue weighted by Crippen LogP contribution is -2.39. The van der Waals surface area contributed by atoms with Crippen molar-refractivity contribution in [3.05, 3.63) is 58.7 Å². The summed E-state index contributed by atoms with van der Waals surface area (Å²) in [6.45, 7) is 0.104. The summed E-state index contributed by atoms with van der Waals surface area (Å²) in [7, 11) is 0. The predicted molar refractivity (Wildman–Crippen MR) is 133 cm³/mol. The molecule has 194 valence electrons. The normalized spacial score (nSPS) is 12.8. The molecule has 0 saturated heterocycles. The third-order valence-corrected chi connectivity index (χ3v) is 5.50. The van der Waals surface area contributed by atoms with Gasteiger partial charge in [-0.15, -0.1) is 0 Å². The quantitative estimate of drug-likeness (QED) is 0.118. The molecule has 1 atom stereocenters. The Morgan fingerprint density at radius 3 is 2.54 bits per heavy atom. The monoisotopic (exact) mass is 510 g/mol. The summed E-state index contributed by atoms with van der Waals surface area (Å²) in [4.78, 5) is 51.0. The Morgan fingerprint density at radius 2 is 1.86 bits per heavy atom. The Bertz CT molecular complexity index is 1290. The zero-order chi connectivity index (χ0) is 27.1. The number of carboxylic acids is 2. The van der Waals surface area contributed by atoms with Crippen molar-refractivity contribution in [3.8, 4) is 5.75 Å². The van der Waals surface area contributed by atoms with Crippen LogP contribution in [-0.4, -0.2) is 58.3 Å². The minimum absolute atomic E-state index is 0.0319. The summed E-state index contributed by atoms with van der Waals surface area (Å²) in [6, 6.07) is 8.42. The second kappa shape index (κ2) is 11.7. The van der Waals surface area contributed by atoms with Crippen LogP contribution in [0.2, 0.25) is 0 Å². The topological polar surface area (TPSA) is 230 Å². The molecule has 1 aliphatic heterocycles. The standard InChI is InChI=1S/C24H26N6O7/c25-21(26)13-2-1-12(8-18(31)23(35)36)19(9-13)37-11-16(4-6-20(32)33)29-22(34)14-3-5-17-15(7-14)10-28-24(27)30-17/h1-3,5,7,9,16H,4,6,8,10-11H2,(H3,25,26)(H,29,34)(H,32,33)(H,35,36)(H3,27,28,30)/t16-/m1/s1. The highest BCUT2D eigenvalue weighted by Gasteiger charge is 2.21. The van der Waals surface area contributed by atoms with Crippen molar-refractivity contribution in [1.29, 1.82) is 5.41 Å². The van der Waals surface area contributed by atoms with Gasteiger partial charge in [-0.1, -0.05) is 12.1 Å². The molecule has 13 heteroatoms. The Morgan fingerprint density at radius 1 is 1.14 bits per heavy atom. The van der Waals surface area contributed by atoms with Gasteiger partial charge in [0.1, 0.15) is 18.2 Å². The van der Waals surface area contributed by atoms with Crippen LogP contribution in [0.5, 0.6) is 5.75 Å². The van der Waals surface area contributed by atoms with Crippen LogP contribution in [0.3, 0.4) is 0 Å². The molecular weight excluding hydrogens is 484 g/mol. The number of nitrogens with two attached hydrogens (primary N) is 2. The molecule has 0 radical (unpaired) electrons. The lowest BCUT2D eigenvalue weighted by molar-refractivity contribution is -0.148. The van der Waals surface area contributed by atoms with Gasteiger partial charge in [0, 0.05) is 35.2 Å². The maximum absolute atomic E-state index is 12.9. The van der Waals surface area contributed by atoms with Gasteiger partial charge in [-0.3, -0.25) is 19.8 Å². The summed E-state index contributed by atoms with van der Waals surface area (Å²) in [5, 5.41) is 31.4. The number of rotatable bonds is 12. The third-order valence-electron chi connectivity index (χ3n) is 5.50. The number of aliphatic imine (C=N–C) groups is 1. The van der Waals surface area contributed by atoms with Crippen molar-refractivity contribution in [2.45, 2.75) is 31.8 Å². The minimum Gasteiger partial charge on any atom is -0.491 e. The number of nitrogens with one attached hydrogen (secondary N) is 3. The number of guanidine groups is 1. The van der Waals surface area contributed by atoms with Crippen LogP contribution in [-0.2, 0) is 27.3 Å². The average molecular weight is 511 g/mol. The molecule has 0 aromatic heterocycles. The summed E-state index contributed by atoms with van der Waals surface area (Å²) in [5.41, 5.74) is 13.5. The van der Waals surface area contributed by atoms with Gasteiger partial charge in [0.2, 0.25) is 5.78 Å². The molecule has 13 nitrogen and oxygen atoms in total. The number of aliphatic carboxylic acids is 2. The second-order valence-electron chi connectivity index (χ2n) is 8.25. The van der Waals surface area contributed by atoms with E-state index in [1.807, 2.05) is 0 Å². The summed E-state index contributed by atoms with van der Waals surface area (Å²) >= 11 is 0. The first-order valence-corrected chi connectivity index (χ1v) is 11.1. The van der Waals surface area contributed by atoms with Crippen LogP contribution in [0.15, 0.2) is 41.4 Å². The minimum atomic E-state index is -1.61. The molecule has 0 saturated carbocycles. The van der Waals surface area contributed by atoms with E-state index in [4.69, 9.17) is 31.8 Å². The number of nitrogens with zero attached hydrogens (tertiary/aromatic N) is 1. The van der Waals surface area contributed by atoms with Crippen molar-refractivity contribution >= 4 is 41.1 Å². The number of hydrogen-bond acceptors (Lipinski definition) is 9. The fourth-order valence-electron chi connectivity index (χ4n) is 3.54. The molecule has 0 spiro atoms. The van der Waals surface area contributed by atoms with Gasteiger partial charge in [-0.25, -0.2) is 9.79 Å². The smallest absolute Gasteiger partial charge is 0.372 e. The van der Waals surface area contributed by atoms with Gasteiger partial charge in [-0.2, -0.15) is 0 Å². The Hall–Kier alpha value is -4.94. The lowest BCUT2D eigenvalue weighted by atomic mass is 10.0. The number of ketones is 1. The highest BCUT2D eigenvalue weighted by molar-refractivity contribution is 6.33. The van der Waals surface area contributed by atoms with Crippen LogP contribution in [0.25, 0.3) is 0 Å². The van der Waals surface area contributed by atoms with E-state index in [0.29, 0.717) is 12.1 Å². The molecule has 0 fully saturated rings. The van der Waals surface area contributed by atoms with Gasteiger partial charge in [-0.05, 0) is 36.2 Å². The van der Waals surface area contributed by atoms with Crippen molar-refractivity contribution in [2.24, 2.45) is 16.5 Å². The van der Waals surface area contributed by atoms with Crippen LogP contribution in [0.1, 0.15) is 39.9 Å². The van der Waals surface area contributed by atoms with E-state index in [-0.39, 0.29) is 48.1 Å². The molecule has 1 heterocycles. The summed E-state index contributed by atoms with van der Waals surface area (Å²) < 4.78 is 5.80. The zero-order valence-corrected chi connectivity index (χ0v) is 19.6. The molecule has 1 amide bonds. The Balaban J connectivity index is 1.78. The van der Waals surface area contributed by atoms with Crippen LogP contribution in [0.4, 0.5) is 5.69 Å². The van der Waals surface area contributed by atoms with Crippen molar-refractivity contribution in [3.63, 3.8) is 0 Å². The second-order valence-corrected chi connectivity index (χ2v) is 8.25. The van der Waals surface area contributed by atoms with Crippen molar-refractivity contribution in [1.82, 2.24) is 5.32 Å². The highest BCUT2D eigenvalue weighted by atomic mass is 16.5. The number of carbonyl (C=O) groups excluding carboxylic acids is 2. The number of amides is 1. The molecular formula is C24H26N6O7. The number of anilines is 1. The van der Waals surface area contributed by atoms with Gasteiger partial charge < -0.3 is 37.1 Å². The van der Waals surface area contributed by atoms with E-state index in [0.717, 1.165) is 11.3 Å². The van der Waals surface area contributed by atoms with Crippen molar-refractivity contribution in [2.75, 3.05) is 11.9 Å². The van der Waals surface area contributed by atoms with E-state index in [2.05, 4.69) is 15.6 Å². The van der Waals surface area contributed by atoms with Gasteiger partial charge in [0.05, 0.1) is 12.6 Å². The number of benzene rings is 2. The predicted octanol–water partition coefficient (Wildman–Crippen LogP) is 0.449. The Labute approximate surface area is 211 Å². The highest BCUT2D eigenvalue weighted by Crippen LogP contribution is 2.23. The van der Waals surface area contributed by atoms with E-state index in [1.165, 1.54) is 18.2 Å². The summed E-state index contributed by atoms with van der Waals surface area (Å²) in [5.74, 6) is -4.12. The number of amidine groups is 1. The van der Waals surface area contributed by atoms with Gasteiger partial charge in [0.15, 0.2) is 5.96 Å². The first-order chi connectivity index (χ1) is 17.5. The molecule has 2 aromatic rings. The first kappa shape index (κ1) is 26.7. The largest absolute Gasteiger partial charge is 0.491 e. The molecule has 3 rings (SSSR count). The number of ether oxygens (including phenoxy) is 1. The Kier molecular flexibility index (Phi) is 8.40. The zero-order valence-electron chi connectivity index (χ0n) is 19.6. The third kappa shape index (κ3) is 7.27. The van der Waals surface area contributed by atoms with Gasteiger partial charge in [0.25, 0.3) is 5.91 Å². The number of hydrogen-bond donors (Lipinski definition) is 7. The van der Waals surface area contributed by atoms with E-state index >= 15 is 0 Å². The van der Waals surface area contributed by atoms with Gasteiger partial charge >= 0.3 is 11.9 Å². The number of carboxylic acid groups (broad SMARTS) is 2. The fraction of sp³-hybridized carbons (Fsp3) is 0.250. The molecule has 0 bridgehead atoms. The number of fused-ring (bicyclic) bond motifs is 1. The maximum Gasteiger partial charge on any atom is 0.372 e. The first-order valence-electron chi connectivity index (χ1n) is 11.1. The molecule has 9 N–H and O–H groups in total. The van der Waals surface area contributed by atoms with Crippen LogP contribution < -0.4 is 26.8 Å². The molecule has 37 heavy (non-hydrogen) atoms.